The van der Waals surface area contributed by atoms with Gasteiger partial charge in [-0.05, 0) is 19.0 Å². The third kappa shape index (κ3) is 3.39. The monoisotopic (exact) mass is 275 g/mol. The van der Waals surface area contributed by atoms with E-state index in [4.69, 9.17) is 4.42 Å². The van der Waals surface area contributed by atoms with Crippen LogP contribution < -0.4 is 5.32 Å². The van der Waals surface area contributed by atoms with Gasteiger partial charge in [-0.25, -0.2) is 0 Å². The first-order valence-electron chi connectivity index (χ1n) is 7.03. The number of aryl methyl sites for hydroxylation is 1. The van der Waals surface area contributed by atoms with Crippen LogP contribution in [0.5, 0.6) is 0 Å². The number of hydrogen-bond acceptors (Lipinski definition) is 4. The van der Waals surface area contributed by atoms with Crippen molar-refractivity contribution in [2.75, 3.05) is 13.7 Å². The molecule has 1 aromatic carbocycles. The highest BCUT2D eigenvalue weighted by molar-refractivity contribution is 5.82. The number of methoxy groups -OCH3 is 1. The standard InChI is InChI=1S/C16H21NO3/c1-3-14-13(11-17-10-6-9-16(18)19-2)12-7-4-5-8-15(12)20-14/h4-5,7-8,17H,3,6,9-11H2,1-2H3. The van der Waals surface area contributed by atoms with Crippen LogP contribution in [0.1, 0.15) is 31.1 Å². The molecule has 0 unspecified atom stereocenters. The lowest BCUT2D eigenvalue weighted by Gasteiger charge is -2.05. The average molecular weight is 275 g/mol. The van der Waals surface area contributed by atoms with Gasteiger partial charge in [0.15, 0.2) is 0 Å². The molecule has 0 saturated carbocycles. The highest BCUT2D eigenvalue weighted by Crippen LogP contribution is 2.26. The van der Waals surface area contributed by atoms with Gasteiger partial charge in [0.2, 0.25) is 0 Å². The Bertz CT molecular complexity index is 574. The Kier molecular flexibility index (Phi) is 5.18. The van der Waals surface area contributed by atoms with E-state index >= 15 is 0 Å². The number of fused-ring (bicyclic) bond motifs is 1. The average Bonchev–Trinajstić information content (AvgIpc) is 2.84. The number of furan rings is 1. The molecule has 108 valence electrons. The molecule has 1 aromatic heterocycles. The van der Waals surface area contributed by atoms with Gasteiger partial charge in [0.25, 0.3) is 0 Å². The molecule has 0 aliphatic rings. The van der Waals surface area contributed by atoms with Gasteiger partial charge < -0.3 is 14.5 Å². The Balaban J connectivity index is 1.94. The normalized spacial score (nSPS) is 10.9. The number of benzene rings is 1. The Labute approximate surface area is 119 Å². The zero-order valence-corrected chi connectivity index (χ0v) is 12.1. The summed E-state index contributed by atoms with van der Waals surface area (Å²) in [5, 5.41) is 4.54. The van der Waals surface area contributed by atoms with Crippen LogP contribution in [0.25, 0.3) is 11.0 Å². The summed E-state index contributed by atoms with van der Waals surface area (Å²) in [6.45, 7) is 3.65. The molecule has 1 heterocycles. The van der Waals surface area contributed by atoms with Crippen LogP contribution in [0, 0.1) is 0 Å². The maximum absolute atomic E-state index is 11.0. The molecule has 1 N–H and O–H groups in total. The van der Waals surface area contributed by atoms with Crippen molar-refractivity contribution in [2.45, 2.75) is 32.7 Å². The largest absolute Gasteiger partial charge is 0.469 e. The molecule has 2 aromatic rings. The van der Waals surface area contributed by atoms with Crippen LogP contribution >= 0.6 is 0 Å². The van der Waals surface area contributed by atoms with E-state index in [1.807, 2.05) is 18.2 Å². The molecule has 4 nitrogen and oxygen atoms in total. The Morgan fingerprint density at radius 3 is 2.90 bits per heavy atom. The summed E-state index contributed by atoms with van der Waals surface area (Å²) >= 11 is 0. The van der Waals surface area contributed by atoms with E-state index in [1.165, 1.54) is 18.1 Å². The predicted molar refractivity (Wildman–Crippen MR) is 78.5 cm³/mol. The van der Waals surface area contributed by atoms with Crippen LogP contribution in [0.3, 0.4) is 0 Å². The third-order valence-corrected chi connectivity index (χ3v) is 3.37. The molecule has 4 heteroatoms. The minimum absolute atomic E-state index is 0.158. The van der Waals surface area contributed by atoms with Crippen molar-refractivity contribution in [1.29, 1.82) is 0 Å². The van der Waals surface area contributed by atoms with Gasteiger partial charge in [-0.3, -0.25) is 4.79 Å². The summed E-state index contributed by atoms with van der Waals surface area (Å²) in [4.78, 5) is 11.0. The summed E-state index contributed by atoms with van der Waals surface area (Å²) in [5.74, 6) is 0.876. The number of esters is 1. The summed E-state index contributed by atoms with van der Waals surface area (Å²) < 4.78 is 10.5. The van der Waals surface area contributed by atoms with E-state index < -0.39 is 0 Å². The Morgan fingerprint density at radius 1 is 1.35 bits per heavy atom. The minimum Gasteiger partial charge on any atom is -0.469 e. The number of carbonyl (C=O) groups is 1. The fourth-order valence-corrected chi connectivity index (χ4v) is 2.30. The number of para-hydroxylation sites is 1. The van der Waals surface area contributed by atoms with Gasteiger partial charge in [-0.15, -0.1) is 0 Å². The van der Waals surface area contributed by atoms with Crippen LogP contribution in [-0.4, -0.2) is 19.6 Å². The maximum Gasteiger partial charge on any atom is 0.305 e. The fourth-order valence-electron chi connectivity index (χ4n) is 2.30. The van der Waals surface area contributed by atoms with Crippen molar-refractivity contribution >= 4 is 16.9 Å². The molecule has 0 aliphatic heterocycles. The second-order valence-electron chi connectivity index (χ2n) is 4.71. The molecule has 0 spiro atoms. The van der Waals surface area contributed by atoms with Crippen molar-refractivity contribution < 1.29 is 13.9 Å². The second-order valence-corrected chi connectivity index (χ2v) is 4.71. The third-order valence-electron chi connectivity index (χ3n) is 3.37. The summed E-state index contributed by atoms with van der Waals surface area (Å²) in [5.41, 5.74) is 2.16. The lowest BCUT2D eigenvalue weighted by molar-refractivity contribution is -0.140. The van der Waals surface area contributed by atoms with E-state index in [1.54, 1.807) is 0 Å². The first-order chi connectivity index (χ1) is 9.76. The van der Waals surface area contributed by atoms with Crippen molar-refractivity contribution in [1.82, 2.24) is 5.32 Å². The van der Waals surface area contributed by atoms with Crippen molar-refractivity contribution in [2.24, 2.45) is 0 Å². The van der Waals surface area contributed by atoms with Gasteiger partial charge in [0, 0.05) is 30.3 Å². The smallest absolute Gasteiger partial charge is 0.305 e. The van der Waals surface area contributed by atoms with Crippen LogP contribution in [0.15, 0.2) is 28.7 Å². The topological polar surface area (TPSA) is 51.5 Å². The van der Waals surface area contributed by atoms with Crippen LogP contribution in [0.4, 0.5) is 0 Å². The van der Waals surface area contributed by atoms with Crippen molar-refractivity contribution in [3.63, 3.8) is 0 Å². The van der Waals surface area contributed by atoms with Crippen LogP contribution in [-0.2, 0) is 22.5 Å². The van der Waals surface area contributed by atoms with Gasteiger partial charge >= 0.3 is 5.97 Å². The molecule has 0 fully saturated rings. The Morgan fingerprint density at radius 2 is 2.15 bits per heavy atom. The molecule has 0 atom stereocenters. The van der Waals surface area contributed by atoms with Crippen molar-refractivity contribution in [3.05, 3.63) is 35.6 Å². The molecule has 0 saturated heterocycles. The number of rotatable bonds is 7. The quantitative estimate of drug-likeness (QED) is 0.623. The number of ether oxygens (including phenoxy) is 1. The van der Waals surface area contributed by atoms with E-state index in [0.717, 1.165) is 37.3 Å². The lowest BCUT2D eigenvalue weighted by Crippen LogP contribution is -2.16. The molecular weight excluding hydrogens is 254 g/mol. The second kappa shape index (κ2) is 7.10. The number of hydrogen-bond donors (Lipinski definition) is 1. The van der Waals surface area contributed by atoms with E-state index in [-0.39, 0.29) is 5.97 Å². The van der Waals surface area contributed by atoms with Gasteiger partial charge in [-0.2, -0.15) is 0 Å². The van der Waals surface area contributed by atoms with E-state index in [9.17, 15) is 4.79 Å². The molecule has 20 heavy (non-hydrogen) atoms. The first kappa shape index (κ1) is 14.6. The van der Waals surface area contributed by atoms with Gasteiger partial charge in [-0.1, -0.05) is 25.1 Å². The molecule has 0 bridgehead atoms. The Hall–Kier alpha value is -1.81. The van der Waals surface area contributed by atoms with E-state index in [2.05, 4.69) is 23.0 Å². The summed E-state index contributed by atoms with van der Waals surface area (Å²) in [7, 11) is 1.42. The zero-order chi connectivity index (χ0) is 14.4. The van der Waals surface area contributed by atoms with Gasteiger partial charge in [0.05, 0.1) is 7.11 Å². The van der Waals surface area contributed by atoms with Gasteiger partial charge in [0.1, 0.15) is 11.3 Å². The zero-order valence-electron chi connectivity index (χ0n) is 12.1. The summed E-state index contributed by atoms with van der Waals surface area (Å²) in [6, 6.07) is 8.09. The molecular formula is C16H21NO3. The predicted octanol–water partition coefficient (Wildman–Crippen LogP) is 3.04. The van der Waals surface area contributed by atoms with E-state index in [0.29, 0.717) is 6.42 Å². The maximum atomic E-state index is 11.0. The van der Waals surface area contributed by atoms with Crippen LogP contribution in [0.2, 0.25) is 0 Å². The van der Waals surface area contributed by atoms with Crippen molar-refractivity contribution in [3.8, 4) is 0 Å². The SMILES string of the molecule is CCc1oc2ccccc2c1CNCCCC(=O)OC. The lowest BCUT2D eigenvalue weighted by atomic mass is 10.1. The molecule has 0 radical (unpaired) electrons. The number of carbonyl (C=O) groups excluding carboxylic acids is 1. The highest BCUT2D eigenvalue weighted by atomic mass is 16.5. The fraction of sp³-hybridized carbons (Fsp3) is 0.438. The molecule has 0 amide bonds. The molecule has 2 rings (SSSR count). The minimum atomic E-state index is -0.158. The molecule has 0 aliphatic carbocycles. The number of nitrogens with one attached hydrogen (secondary N) is 1. The summed E-state index contributed by atoms with van der Waals surface area (Å²) in [6.07, 6.45) is 2.12. The first-order valence-corrected chi connectivity index (χ1v) is 7.03. The highest BCUT2D eigenvalue weighted by Gasteiger charge is 2.11.